The Labute approximate surface area is 122 Å². The quantitative estimate of drug-likeness (QED) is 0.773. The van der Waals surface area contributed by atoms with E-state index in [1.54, 1.807) is 47.7 Å². The second-order valence-corrected chi connectivity index (χ2v) is 5.28. The average molecular weight is 376 g/mol. The van der Waals surface area contributed by atoms with Crippen molar-refractivity contribution in [3.63, 3.8) is 0 Å². The summed E-state index contributed by atoms with van der Waals surface area (Å²) in [5.74, 6) is -2.83. The molecule has 1 heterocycles. The number of aromatic nitrogens is 2. The lowest BCUT2D eigenvalue weighted by Crippen LogP contribution is -2.32. The molecule has 0 saturated carbocycles. The molecule has 0 unspecified atom stereocenters. The highest BCUT2D eigenvalue weighted by Crippen LogP contribution is 2.29. The number of rotatable bonds is 3. The SMILES string of the molecule is Cc1ncc(I)c(=O)n1CC(F)(F)c1ccccc1. The first kappa shape index (κ1) is 14.1. The van der Waals surface area contributed by atoms with Crippen molar-refractivity contribution in [2.75, 3.05) is 0 Å². The van der Waals surface area contributed by atoms with Crippen LogP contribution in [-0.2, 0) is 12.5 Å². The molecule has 2 rings (SSSR count). The Morgan fingerprint density at radius 1 is 1.32 bits per heavy atom. The van der Waals surface area contributed by atoms with E-state index in [2.05, 4.69) is 4.98 Å². The monoisotopic (exact) mass is 376 g/mol. The van der Waals surface area contributed by atoms with Gasteiger partial charge in [-0.05, 0) is 29.5 Å². The third kappa shape index (κ3) is 2.99. The smallest absolute Gasteiger partial charge is 0.290 e. The predicted octanol–water partition coefficient (Wildman–Crippen LogP) is 2.95. The van der Waals surface area contributed by atoms with Crippen molar-refractivity contribution < 1.29 is 8.78 Å². The van der Waals surface area contributed by atoms with Gasteiger partial charge in [-0.1, -0.05) is 30.3 Å². The zero-order valence-electron chi connectivity index (χ0n) is 10.1. The molecular formula is C13H11F2IN2O. The van der Waals surface area contributed by atoms with Gasteiger partial charge >= 0.3 is 0 Å². The minimum Gasteiger partial charge on any atom is -0.290 e. The number of hydrogen-bond donors (Lipinski definition) is 0. The lowest BCUT2D eigenvalue weighted by molar-refractivity contribution is -0.0240. The molecule has 0 bridgehead atoms. The highest BCUT2D eigenvalue weighted by Gasteiger charge is 2.33. The molecule has 0 aliphatic carbocycles. The number of benzene rings is 1. The van der Waals surface area contributed by atoms with Crippen LogP contribution >= 0.6 is 22.6 Å². The Balaban J connectivity index is 2.42. The first-order valence-electron chi connectivity index (χ1n) is 5.57. The fourth-order valence-electron chi connectivity index (χ4n) is 1.71. The minimum atomic E-state index is -3.11. The van der Waals surface area contributed by atoms with E-state index in [0.29, 0.717) is 3.57 Å². The maximum Gasteiger partial charge on any atom is 0.290 e. The van der Waals surface area contributed by atoms with Gasteiger partial charge in [0, 0.05) is 11.8 Å². The van der Waals surface area contributed by atoms with Crippen LogP contribution in [0.2, 0.25) is 0 Å². The van der Waals surface area contributed by atoms with Crippen LogP contribution in [0.3, 0.4) is 0 Å². The summed E-state index contributed by atoms with van der Waals surface area (Å²) in [4.78, 5) is 15.8. The van der Waals surface area contributed by atoms with E-state index in [-0.39, 0.29) is 11.4 Å². The zero-order valence-corrected chi connectivity index (χ0v) is 12.3. The Morgan fingerprint density at radius 3 is 2.58 bits per heavy atom. The molecule has 1 aromatic heterocycles. The van der Waals surface area contributed by atoms with E-state index in [1.807, 2.05) is 0 Å². The van der Waals surface area contributed by atoms with Crippen LogP contribution in [0.15, 0.2) is 41.3 Å². The number of hydrogen-bond acceptors (Lipinski definition) is 2. The highest BCUT2D eigenvalue weighted by atomic mass is 127. The fraction of sp³-hybridized carbons (Fsp3) is 0.231. The summed E-state index contributed by atoms with van der Waals surface area (Å²) in [5.41, 5.74) is -0.552. The summed E-state index contributed by atoms with van der Waals surface area (Å²) in [7, 11) is 0. The first-order valence-corrected chi connectivity index (χ1v) is 6.65. The summed E-state index contributed by atoms with van der Waals surface area (Å²) >= 11 is 1.79. The summed E-state index contributed by atoms with van der Waals surface area (Å²) in [6.07, 6.45) is 1.38. The Kier molecular flexibility index (Phi) is 3.98. The Hall–Kier alpha value is -1.31. The molecule has 0 spiro atoms. The molecule has 0 atom stereocenters. The zero-order chi connectivity index (χ0) is 14.0. The van der Waals surface area contributed by atoms with Crippen molar-refractivity contribution in [1.29, 1.82) is 0 Å². The fourth-order valence-corrected chi connectivity index (χ4v) is 2.14. The normalized spacial score (nSPS) is 11.6. The van der Waals surface area contributed by atoms with Gasteiger partial charge in [-0.2, -0.15) is 8.78 Å². The number of halogens is 3. The van der Waals surface area contributed by atoms with E-state index in [9.17, 15) is 13.6 Å². The third-order valence-corrected chi connectivity index (χ3v) is 3.50. The largest absolute Gasteiger partial charge is 0.290 e. The average Bonchev–Trinajstić information content (AvgIpc) is 2.40. The molecule has 3 nitrogen and oxygen atoms in total. The molecule has 0 N–H and O–H groups in total. The second-order valence-electron chi connectivity index (χ2n) is 4.12. The van der Waals surface area contributed by atoms with E-state index in [0.717, 1.165) is 4.57 Å². The van der Waals surface area contributed by atoms with Gasteiger partial charge in [0.05, 0.1) is 10.1 Å². The molecule has 0 fully saturated rings. The standard InChI is InChI=1S/C13H11F2IN2O/c1-9-17-7-11(16)12(19)18(9)8-13(14,15)10-5-3-2-4-6-10/h2-7H,8H2,1H3. The first-order chi connectivity index (χ1) is 8.92. The minimum absolute atomic E-state index is 0.111. The van der Waals surface area contributed by atoms with Crippen LogP contribution in [-0.4, -0.2) is 9.55 Å². The summed E-state index contributed by atoms with van der Waals surface area (Å²) in [5, 5.41) is 0. The summed E-state index contributed by atoms with van der Waals surface area (Å²) in [6.45, 7) is 0.837. The topological polar surface area (TPSA) is 34.9 Å². The van der Waals surface area contributed by atoms with Crippen molar-refractivity contribution in [3.8, 4) is 0 Å². The summed E-state index contributed by atoms with van der Waals surface area (Å²) in [6, 6.07) is 7.46. The van der Waals surface area contributed by atoms with Crippen molar-refractivity contribution >= 4 is 22.6 Å². The van der Waals surface area contributed by atoms with E-state index in [1.165, 1.54) is 18.3 Å². The van der Waals surface area contributed by atoms with Gasteiger partial charge in [0.1, 0.15) is 5.82 Å². The lowest BCUT2D eigenvalue weighted by Gasteiger charge is -2.19. The Bertz CT molecular complexity index is 641. The lowest BCUT2D eigenvalue weighted by atomic mass is 10.1. The molecule has 1 aromatic carbocycles. The van der Waals surface area contributed by atoms with Gasteiger partial charge < -0.3 is 0 Å². The van der Waals surface area contributed by atoms with Gasteiger partial charge in [-0.3, -0.25) is 9.36 Å². The van der Waals surface area contributed by atoms with Gasteiger partial charge in [-0.25, -0.2) is 4.98 Å². The molecule has 0 amide bonds. The van der Waals surface area contributed by atoms with Crippen LogP contribution in [0.25, 0.3) is 0 Å². The molecular weight excluding hydrogens is 365 g/mol. The number of aryl methyl sites for hydroxylation is 1. The summed E-state index contributed by atoms with van der Waals surface area (Å²) < 4.78 is 29.6. The van der Waals surface area contributed by atoms with Crippen LogP contribution in [0, 0.1) is 10.5 Å². The van der Waals surface area contributed by atoms with Crippen molar-refractivity contribution in [2.24, 2.45) is 0 Å². The number of nitrogens with zero attached hydrogens (tertiary/aromatic N) is 2. The molecule has 0 aliphatic heterocycles. The van der Waals surface area contributed by atoms with Gasteiger partial charge in [0.15, 0.2) is 0 Å². The van der Waals surface area contributed by atoms with Gasteiger partial charge in [0.25, 0.3) is 11.5 Å². The third-order valence-electron chi connectivity index (χ3n) is 2.76. The molecule has 0 aliphatic rings. The van der Waals surface area contributed by atoms with Gasteiger partial charge in [-0.15, -0.1) is 0 Å². The van der Waals surface area contributed by atoms with E-state index < -0.39 is 18.0 Å². The molecule has 2 aromatic rings. The maximum absolute atomic E-state index is 14.1. The Morgan fingerprint density at radius 2 is 1.95 bits per heavy atom. The molecule has 19 heavy (non-hydrogen) atoms. The van der Waals surface area contributed by atoms with Crippen LogP contribution in [0.4, 0.5) is 8.78 Å². The highest BCUT2D eigenvalue weighted by molar-refractivity contribution is 14.1. The number of alkyl halides is 2. The van der Waals surface area contributed by atoms with Gasteiger partial charge in [0.2, 0.25) is 0 Å². The van der Waals surface area contributed by atoms with Crippen molar-refractivity contribution in [3.05, 3.63) is 61.8 Å². The van der Waals surface area contributed by atoms with Crippen LogP contribution < -0.4 is 5.56 Å². The molecule has 0 radical (unpaired) electrons. The van der Waals surface area contributed by atoms with E-state index in [4.69, 9.17) is 0 Å². The second kappa shape index (κ2) is 5.36. The molecule has 6 heteroatoms. The molecule has 0 saturated heterocycles. The van der Waals surface area contributed by atoms with Crippen LogP contribution in [0.1, 0.15) is 11.4 Å². The van der Waals surface area contributed by atoms with Crippen molar-refractivity contribution in [2.45, 2.75) is 19.4 Å². The van der Waals surface area contributed by atoms with Crippen molar-refractivity contribution in [1.82, 2.24) is 9.55 Å². The van der Waals surface area contributed by atoms with E-state index >= 15 is 0 Å². The maximum atomic E-state index is 14.1. The molecule has 100 valence electrons. The van der Waals surface area contributed by atoms with Crippen LogP contribution in [0.5, 0.6) is 0 Å². The predicted molar refractivity (Wildman–Crippen MR) is 76.3 cm³/mol.